The summed E-state index contributed by atoms with van der Waals surface area (Å²) in [7, 11) is 0. The van der Waals surface area contributed by atoms with E-state index in [9.17, 15) is 9.59 Å². The second-order valence-electron chi connectivity index (χ2n) is 6.79. The Morgan fingerprint density at radius 3 is 2.69 bits per heavy atom. The number of rotatable bonds is 6. The number of benzene rings is 1. The highest BCUT2D eigenvalue weighted by atomic mass is 79.9. The highest BCUT2D eigenvalue weighted by Crippen LogP contribution is 2.23. The molecule has 0 atom stereocenters. The Morgan fingerprint density at radius 1 is 1.24 bits per heavy atom. The van der Waals surface area contributed by atoms with Crippen LogP contribution in [0.15, 0.2) is 53.3 Å². The predicted molar refractivity (Wildman–Crippen MR) is 113 cm³/mol. The number of ether oxygens (including phenoxy) is 1. The van der Waals surface area contributed by atoms with E-state index in [1.807, 2.05) is 51.1 Å². The summed E-state index contributed by atoms with van der Waals surface area (Å²) < 4.78 is 7.79. The molecule has 0 unspecified atom stereocenters. The molecule has 0 fully saturated rings. The zero-order valence-corrected chi connectivity index (χ0v) is 17.9. The first kappa shape index (κ1) is 20.7. The molecule has 150 valence electrons. The van der Waals surface area contributed by atoms with E-state index in [-0.39, 0.29) is 12.5 Å². The van der Waals surface area contributed by atoms with Gasteiger partial charge in [-0.15, -0.1) is 0 Å². The molecule has 3 aromatic rings. The Kier molecular flexibility index (Phi) is 6.43. The van der Waals surface area contributed by atoms with Crippen LogP contribution >= 0.6 is 15.9 Å². The summed E-state index contributed by atoms with van der Waals surface area (Å²) in [5.74, 6) is -0.401. The van der Waals surface area contributed by atoms with Crippen molar-refractivity contribution in [1.82, 2.24) is 14.8 Å². The minimum Gasteiger partial charge on any atom is -0.452 e. The summed E-state index contributed by atoms with van der Waals surface area (Å²) in [6.45, 7) is 5.44. The van der Waals surface area contributed by atoms with Gasteiger partial charge in [0.15, 0.2) is 12.4 Å². The number of nitrogens with one attached hydrogen (secondary N) is 1. The van der Waals surface area contributed by atoms with Crippen LogP contribution in [0.4, 0.5) is 5.69 Å². The molecule has 0 aliphatic carbocycles. The first-order chi connectivity index (χ1) is 13.9. The number of aromatic nitrogens is 3. The topological polar surface area (TPSA) is 86.1 Å². The number of amides is 1. The average Bonchev–Trinajstić information content (AvgIpc) is 3.15. The second-order valence-corrected chi connectivity index (χ2v) is 7.64. The molecule has 7 nitrogen and oxygen atoms in total. The normalized spacial score (nSPS) is 10.8. The Morgan fingerprint density at radius 2 is 2.03 bits per heavy atom. The fourth-order valence-electron chi connectivity index (χ4n) is 2.86. The second kappa shape index (κ2) is 9.00. The summed E-state index contributed by atoms with van der Waals surface area (Å²) in [4.78, 5) is 29.0. The maximum Gasteiger partial charge on any atom is 0.342 e. The minimum absolute atomic E-state index is 0.00150. The Hall–Kier alpha value is -3.00. The van der Waals surface area contributed by atoms with Gasteiger partial charge in [-0.25, -0.2) is 14.5 Å². The van der Waals surface area contributed by atoms with Crippen molar-refractivity contribution in [2.75, 3.05) is 11.9 Å². The predicted octanol–water partition coefficient (Wildman–Crippen LogP) is 4.26. The van der Waals surface area contributed by atoms with Gasteiger partial charge >= 0.3 is 5.97 Å². The van der Waals surface area contributed by atoms with Gasteiger partial charge in [-0.2, -0.15) is 5.10 Å². The van der Waals surface area contributed by atoms with Crippen LogP contribution in [0.3, 0.4) is 0 Å². The van der Waals surface area contributed by atoms with Gasteiger partial charge in [0.1, 0.15) is 5.56 Å². The minimum atomic E-state index is -0.599. The van der Waals surface area contributed by atoms with Gasteiger partial charge in [0, 0.05) is 16.4 Å². The van der Waals surface area contributed by atoms with Crippen LogP contribution in [0.2, 0.25) is 0 Å². The van der Waals surface area contributed by atoms with Crippen molar-refractivity contribution >= 4 is 33.5 Å². The fourth-order valence-corrected chi connectivity index (χ4v) is 3.11. The summed E-state index contributed by atoms with van der Waals surface area (Å²) >= 11 is 3.41. The van der Waals surface area contributed by atoms with Crippen molar-refractivity contribution in [2.24, 2.45) is 0 Å². The third-order valence-electron chi connectivity index (χ3n) is 4.22. The lowest BCUT2D eigenvalue weighted by Gasteiger charge is -2.12. The van der Waals surface area contributed by atoms with E-state index < -0.39 is 11.9 Å². The number of esters is 1. The molecule has 1 N–H and O–H groups in total. The number of halogens is 1. The average molecular weight is 457 g/mol. The molecule has 0 saturated heterocycles. The molecular formula is C21H21BrN4O3. The molecule has 0 spiro atoms. The zero-order chi connectivity index (χ0) is 21.0. The molecule has 0 aliphatic rings. The molecule has 0 aliphatic heterocycles. The highest BCUT2D eigenvalue weighted by molar-refractivity contribution is 9.10. The van der Waals surface area contributed by atoms with Gasteiger partial charge in [0.05, 0.1) is 11.9 Å². The first-order valence-electron chi connectivity index (χ1n) is 9.09. The van der Waals surface area contributed by atoms with Gasteiger partial charge in [0.2, 0.25) is 0 Å². The lowest BCUT2D eigenvalue weighted by Crippen LogP contribution is -2.21. The summed E-state index contributed by atoms with van der Waals surface area (Å²) in [5, 5.41) is 7.01. The molecular weight excluding hydrogens is 436 g/mol. The van der Waals surface area contributed by atoms with E-state index in [0.29, 0.717) is 22.8 Å². The number of anilines is 1. The molecule has 3 rings (SSSR count). The van der Waals surface area contributed by atoms with Crippen LogP contribution in [-0.2, 0) is 9.53 Å². The molecule has 0 saturated carbocycles. The molecule has 2 heterocycles. The van der Waals surface area contributed by atoms with Gasteiger partial charge in [0.25, 0.3) is 5.91 Å². The Labute approximate surface area is 177 Å². The number of nitrogens with zero attached hydrogens (tertiary/aromatic N) is 3. The molecule has 1 amide bonds. The monoisotopic (exact) mass is 456 g/mol. The van der Waals surface area contributed by atoms with Gasteiger partial charge in [-0.3, -0.25) is 4.79 Å². The third-order valence-corrected chi connectivity index (χ3v) is 5.11. The van der Waals surface area contributed by atoms with Crippen LogP contribution in [0, 0.1) is 6.92 Å². The van der Waals surface area contributed by atoms with Crippen LogP contribution in [0.25, 0.3) is 5.82 Å². The van der Waals surface area contributed by atoms with Crippen LogP contribution in [0.5, 0.6) is 0 Å². The fraction of sp³-hybridized carbons (Fsp3) is 0.238. The van der Waals surface area contributed by atoms with Crippen LogP contribution in [-0.4, -0.2) is 33.2 Å². The van der Waals surface area contributed by atoms with Crippen molar-refractivity contribution in [2.45, 2.75) is 26.7 Å². The molecule has 8 heteroatoms. The first-order valence-corrected chi connectivity index (χ1v) is 9.88. The summed E-state index contributed by atoms with van der Waals surface area (Å²) in [6.07, 6.45) is 3.11. The van der Waals surface area contributed by atoms with Crippen LogP contribution in [0.1, 0.15) is 41.4 Å². The van der Waals surface area contributed by atoms with E-state index in [1.165, 1.54) is 6.20 Å². The van der Waals surface area contributed by atoms with Gasteiger partial charge < -0.3 is 10.1 Å². The zero-order valence-electron chi connectivity index (χ0n) is 16.3. The quantitative estimate of drug-likeness (QED) is 0.560. The third kappa shape index (κ3) is 4.89. The number of pyridine rings is 1. The van der Waals surface area contributed by atoms with Crippen LogP contribution < -0.4 is 5.32 Å². The summed E-state index contributed by atoms with van der Waals surface area (Å²) in [6, 6.07) is 10.9. The number of aryl methyl sites for hydroxylation is 1. The molecule has 2 aromatic heterocycles. The largest absolute Gasteiger partial charge is 0.452 e. The number of carbonyl (C=O) groups is 2. The van der Waals surface area contributed by atoms with Gasteiger partial charge in [-0.05, 0) is 48.7 Å². The standard InChI is InChI=1S/C21H21BrN4O3/c1-13(2)20-16(11-24-26(20)18-6-4-5-9-23-18)21(28)29-12-19(27)25-15-7-8-17(22)14(3)10-15/h4-11,13H,12H2,1-3H3,(H,25,27). The van der Waals surface area contributed by atoms with Crippen molar-refractivity contribution in [3.8, 4) is 5.82 Å². The van der Waals surface area contributed by atoms with Gasteiger partial charge in [-0.1, -0.05) is 35.8 Å². The van der Waals surface area contributed by atoms with E-state index >= 15 is 0 Å². The lowest BCUT2D eigenvalue weighted by molar-refractivity contribution is -0.119. The SMILES string of the molecule is Cc1cc(NC(=O)COC(=O)c2cnn(-c3ccccn3)c2C(C)C)ccc1Br. The van der Waals surface area contributed by atoms with E-state index in [4.69, 9.17) is 4.74 Å². The molecule has 1 aromatic carbocycles. The summed E-state index contributed by atoms with van der Waals surface area (Å²) in [5.41, 5.74) is 2.62. The number of hydrogen-bond donors (Lipinski definition) is 1. The smallest absolute Gasteiger partial charge is 0.342 e. The van der Waals surface area contributed by atoms with Crippen molar-refractivity contribution < 1.29 is 14.3 Å². The lowest BCUT2D eigenvalue weighted by atomic mass is 10.1. The van der Waals surface area contributed by atoms with E-state index in [2.05, 4.69) is 31.3 Å². The van der Waals surface area contributed by atoms with E-state index in [1.54, 1.807) is 16.9 Å². The molecule has 29 heavy (non-hydrogen) atoms. The molecule has 0 bridgehead atoms. The Bertz CT molecular complexity index is 1030. The van der Waals surface area contributed by atoms with Crippen molar-refractivity contribution in [3.05, 3.63) is 70.1 Å². The maximum atomic E-state index is 12.6. The Balaban J connectivity index is 1.70. The van der Waals surface area contributed by atoms with Crippen molar-refractivity contribution in [1.29, 1.82) is 0 Å². The maximum absolute atomic E-state index is 12.6. The number of hydrogen-bond acceptors (Lipinski definition) is 5. The molecule has 0 radical (unpaired) electrons. The highest BCUT2D eigenvalue weighted by Gasteiger charge is 2.23. The van der Waals surface area contributed by atoms with E-state index in [0.717, 1.165) is 10.0 Å². The van der Waals surface area contributed by atoms with Crippen molar-refractivity contribution in [3.63, 3.8) is 0 Å². The number of carbonyl (C=O) groups excluding carboxylic acids is 2.